The van der Waals surface area contributed by atoms with Crippen molar-refractivity contribution >= 4 is 11.9 Å². The highest BCUT2D eigenvalue weighted by Gasteiger charge is 2.63. The highest BCUT2D eigenvalue weighted by atomic mass is 16.5. The lowest BCUT2D eigenvalue weighted by molar-refractivity contribution is -0.167. The molecule has 0 aromatic rings. The molecule has 0 aromatic carbocycles. The molecule has 0 radical (unpaired) electrons. The standard InChI is InChI=1S/C29H46O4/c1-18(8-11-25(31)32)20-12-16-29(7)22-9-10-23-26(3,4)24(33-19(2)30)14-15-27(23,5)21(22)13-17-28(20,29)6/h18,20,23-24H,8-17H2,1-7H3,(H,31,32)/t18-,20+,23+,24+,27+,28+,29-/m0/s1. The molecule has 0 aromatic heterocycles. The van der Waals surface area contributed by atoms with Crippen molar-refractivity contribution in [2.45, 2.75) is 119 Å². The van der Waals surface area contributed by atoms with Gasteiger partial charge in [0, 0.05) is 18.8 Å². The minimum absolute atomic E-state index is 0.0115. The van der Waals surface area contributed by atoms with Crippen LogP contribution in [0.25, 0.3) is 0 Å². The van der Waals surface area contributed by atoms with Crippen molar-refractivity contribution in [2.24, 2.45) is 39.4 Å². The summed E-state index contributed by atoms with van der Waals surface area (Å²) in [4.78, 5) is 23.0. The summed E-state index contributed by atoms with van der Waals surface area (Å²) in [5, 5.41) is 9.22. The average Bonchev–Trinajstić information content (AvgIpc) is 3.00. The van der Waals surface area contributed by atoms with E-state index in [-0.39, 0.29) is 40.2 Å². The number of hydrogen-bond donors (Lipinski definition) is 1. The number of hydrogen-bond acceptors (Lipinski definition) is 3. The van der Waals surface area contributed by atoms with E-state index < -0.39 is 5.97 Å². The first kappa shape index (κ1) is 24.8. The normalized spacial score (nSPS) is 42.7. The summed E-state index contributed by atoms with van der Waals surface area (Å²) in [6, 6.07) is 0. The highest BCUT2D eigenvalue weighted by Crippen LogP contribution is 2.72. The highest BCUT2D eigenvalue weighted by molar-refractivity contribution is 5.66. The molecule has 0 amide bonds. The van der Waals surface area contributed by atoms with Crippen LogP contribution in [0.2, 0.25) is 0 Å². The summed E-state index contributed by atoms with van der Waals surface area (Å²) in [7, 11) is 0. The number of carbonyl (C=O) groups is 2. The zero-order chi connectivity index (χ0) is 24.4. The fourth-order valence-corrected chi connectivity index (χ4v) is 9.58. The van der Waals surface area contributed by atoms with Crippen LogP contribution in [-0.4, -0.2) is 23.1 Å². The van der Waals surface area contributed by atoms with Crippen molar-refractivity contribution < 1.29 is 19.4 Å². The van der Waals surface area contributed by atoms with Gasteiger partial charge in [-0.3, -0.25) is 9.59 Å². The fourth-order valence-electron chi connectivity index (χ4n) is 9.58. The smallest absolute Gasteiger partial charge is 0.303 e. The third-order valence-electron chi connectivity index (χ3n) is 11.6. The number of allylic oxidation sites excluding steroid dienone is 2. The minimum Gasteiger partial charge on any atom is -0.481 e. The van der Waals surface area contributed by atoms with E-state index in [1.54, 1.807) is 18.1 Å². The van der Waals surface area contributed by atoms with Gasteiger partial charge in [0.2, 0.25) is 0 Å². The molecule has 1 N–H and O–H groups in total. The predicted molar refractivity (Wildman–Crippen MR) is 131 cm³/mol. The van der Waals surface area contributed by atoms with Gasteiger partial charge in [-0.15, -0.1) is 0 Å². The molecule has 4 nitrogen and oxygen atoms in total. The van der Waals surface area contributed by atoms with E-state index in [1.165, 1.54) is 38.5 Å². The molecule has 0 aliphatic heterocycles. The van der Waals surface area contributed by atoms with Gasteiger partial charge in [-0.05, 0) is 91.8 Å². The van der Waals surface area contributed by atoms with Crippen molar-refractivity contribution in [3.8, 4) is 0 Å². The largest absolute Gasteiger partial charge is 0.481 e. The Labute approximate surface area is 200 Å². The van der Waals surface area contributed by atoms with Gasteiger partial charge < -0.3 is 9.84 Å². The number of carbonyl (C=O) groups excluding carboxylic acids is 1. The van der Waals surface area contributed by atoms with Gasteiger partial charge in [-0.25, -0.2) is 0 Å². The van der Waals surface area contributed by atoms with E-state index >= 15 is 0 Å². The third-order valence-corrected chi connectivity index (χ3v) is 11.6. The quantitative estimate of drug-likeness (QED) is 0.350. The van der Waals surface area contributed by atoms with Gasteiger partial charge in [-0.1, -0.05) is 52.7 Å². The zero-order valence-corrected chi connectivity index (χ0v) is 22.1. The lowest BCUT2D eigenvalue weighted by Gasteiger charge is -2.62. The van der Waals surface area contributed by atoms with E-state index in [1.807, 2.05) is 0 Å². The van der Waals surface area contributed by atoms with Crippen molar-refractivity contribution in [1.82, 2.24) is 0 Å². The number of carboxylic acid groups (broad SMARTS) is 1. The van der Waals surface area contributed by atoms with Gasteiger partial charge in [0.1, 0.15) is 6.10 Å². The molecule has 0 heterocycles. The van der Waals surface area contributed by atoms with E-state index in [0.717, 1.165) is 19.3 Å². The monoisotopic (exact) mass is 458 g/mol. The van der Waals surface area contributed by atoms with Gasteiger partial charge in [0.25, 0.3) is 0 Å². The molecule has 4 aliphatic carbocycles. The Bertz CT molecular complexity index is 856. The second kappa shape index (κ2) is 8.12. The molecule has 2 saturated carbocycles. The maximum atomic E-state index is 11.8. The summed E-state index contributed by atoms with van der Waals surface area (Å²) >= 11 is 0. The molecule has 33 heavy (non-hydrogen) atoms. The molecular formula is C29H46O4. The lowest BCUT2D eigenvalue weighted by Crippen LogP contribution is -2.55. The van der Waals surface area contributed by atoms with E-state index in [9.17, 15) is 14.7 Å². The van der Waals surface area contributed by atoms with Gasteiger partial charge in [-0.2, -0.15) is 0 Å². The lowest BCUT2D eigenvalue weighted by atomic mass is 9.43. The molecule has 186 valence electrons. The Balaban J connectivity index is 1.65. The molecule has 4 rings (SSSR count). The van der Waals surface area contributed by atoms with Gasteiger partial charge in [0.05, 0.1) is 0 Å². The summed E-state index contributed by atoms with van der Waals surface area (Å²) in [5.41, 5.74) is 4.18. The Morgan fingerprint density at radius 1 is 1.00 bits per heavy atom. The SMILES string of the molecule is CC(=O)O[C@@H]1CC[C@]2(C)C3=C(CC[C@@H]2C1(C)C)[C@]1(C)CC[C@H]([C@@H](C)CCC(=O)O)[C@@]1(C)CC3. The van der Waals surface area contributed by atoms with E-state index in [0.29, 0.717) is 17.8 Å². The molecule has 0 unspecified atom stereocenters. The van der Waals surface area contributed by atoms with Crippen molar-refractivity contribution in [3.63, 3.8) is 0 Å². The molecule has 2 fully saturated rings. The molecule has 4 aliphatic rings. The third kappa shape index (κ3) is 3.60. The summed E-state index contributed by atoms with van der Waals surface area (Å²) < 4.78 is 5.83. The van der Waals surface area contributed by atoms with Crippen LogP contribution in [0.1, 0.15) is 113 Å². The minimum atomic E-state index is -0.667. The van der Waals surface area contributed by atoms with Crippen LogP contribution in [-0.2, 0) is 14.3 Å². The van der Waals surface area contributed by atoms with E-state index in [2.05, 4.69) is 41.5 Å². The first-order valence-corrected chi connectivity index (χ1v) is 13.4. The number of esters is 1. The van der Waals surface area contributed by atoms with Crippen LogP contribution in [0.4, 0.5) is 0 Å². The number of rotatable bonds is 5. The summed E-state index contributed by atoms with van der Waals surface area (Å²) in [6.07, 6.45) is 10.4. The van der Waals surface area contributed by atoms with Gasteiger partial charge >= 0.3 is 11.9 Å². The van der Waals surface area contributed by atoms with Crippen LogP contribution < -0.4 is 0 Å². The van der Waals surface area contributed by atoms with Crippen molar-refractivity contribution in [3.05, 3.63) is 11.1 Å². The Morgan fingerprint density at radius 3 is 2.33 bits per heavy atom. The molecule has 0 bridgehead atoms. The molecule has 4 heteroatoms. The number of fused-ring (bicyclic) bond motifs is 4. The second-order valence-electron chi connectivity index (χ2n) is 13.2. The molecule has 0 spiro atoms. The predicted octanol–water partition coefficient (Wildman–Crippen LogP) is 7.17. The number of ether oxygens (including phenoxy) is 1. The van der Waals surface area contributed by atoms with Crippen LogP contribution in [0.5, 0.6) is 0 Å². The molecule has 0 saturated heterocycles. The van der Waals surface area contributed by atoms with Crippen LogP contribution in [0.3, 0.4) is 0 Å². The van der Waals surface area contributed by atoms with Crippen LogP contribution in [0, 0.1) is 39.4 Å². The van der Waals surface area contributed by atoms with Crippen LogP contribution >= 0.6 is 0 Å². The maximum Gasteiger partial charge on any atom is 0.303 e. The molecular weight excluding hydrogens is 412 g/mol. The number of carboxylic acids is 1. The average molecular weight is 459 g/mol. The summed E-state index contributed by atoms with van der Waals surface area (Å²) in [5.74, 6) is 0.793. The maximum absolute atomic E-state index is 11.8. The van der Waals surface area contributed by atoms with Gasteiger partial charge in [0.15, 0.2) is 0 Å². The Hall–Kier alpha value is -1.32. The second-order valence-corrected chi connectivity index (χ2v) is 13.2. The zero-order valence-electron chi connectivity index (χ0n) is 22.1. The first-order chi connectivity index (χ1) is 15.3. The Morgan fingerprint density at radius 2 is 1.70 bits per heavy atom. The van der Waals surface area contributed by atoms with Crippen LogP contribution in [0.15, 0.2) is 11.1 Å². The molecule has 7 atom stereocenters. The fraction of sp³-hybridized carbons (Fsp3) is 0.862. The summed E-state index contributed by atoms with van der Waals surface area (Å²) in [6.45, 7) is 16.1. The van der Waals surface area contributed by atoms with Crippen molar-refractivity contribution in [2.75, 3.05) is 0 Å². The first-order valence-electron chi connectivity index (χ1n) is 13.4. The topological polar surface area (TPSA) is 63.6 Å². The van der Waals surface area contributed by atoms with Crippen molar-refractivity contribution in [1.29, 1.82) is 0 Å². The Kier molecular flexibility index (Phi) is 6.10. The van der Waals surface area contributed by atoms with E-state index in [4.69, 9.17) is 4.74 Å². The number of aliphatic carboxylic acids is 1.